The number of hydrogen-bond acceptors (Lipinski definition) is 4. The molecule has 0 fully saturated rings. The molecule has 6 nitrogen and oxygen atoms in total. The van der Waals surface area contributed by atoms with E-state index in [0.717, 1.165) is 45.6 Å². The molecular weight excluding hydrogens is 366 g/mol. The number of ether oxygens (including phenoxy) is 1. The molecule has 0 radical (unpaired) electrons. The zero-order chi connectivity index (χ0) is 20.8. The molecule has 3 N–H and O–H groups in total. The minimum Gasteiger partial charge on any atom is -0.435 e. The van der Waals surface area contributed by atoms with E-state index in [0.29, 0.717) is 11.5 Å². The van der Waals surface area contributed by atoms with Gasteiger partial charge in [-0.15, -0.1) is 0 Å². The molecular formula is C20H34F2N4O2. The third kappa shape index (κ3) is 9.85. The van der Waals surface area contributed by atoms with E-state index in [1.807, 2.05) is 6.92 Å². The Labute approximate surface area is 167 Å². The summed E-state index contributed by atoms with van der Waals surface area (Å²) in [6.07, 6.45) is 1.33. The molecule has 0 aliphatic carbocycles. The molecule has 160 valence electrons. The Bertz CT molecular complexity index is 552. The summed E-state index contributed by atoms with van der Waals surface area (Å²) in [5.41, 5.74) is 0.598. The van der Waals surface area contributed by atoms with Crippen LogP contribution >= 0.6 is 0 Å². The number of rotatable bonds is 13. The molecule has 28 heavy (non-hydrogen) atoms. The zero-order valence-electron chi connectivity index (χ0n) is 17.1. The second-order valence-corrected chi connectivity index (χ2v) is 6.34. The van der Waals surface area contributed by atoms with Crippen molar-refractivity contribution < 1.29 is 18.6 Å². The monoisotopic (exact) mass is 400 g/mol. The Morgan fingerprint density at radius 2 is 1.79 bits per heavy atom. The van der Waals surface area contributed by atoms with Crippen LogP contribution in [0.1, 0.15) is 45.3 Å². The van der Waals surface area contributed by atoms with E-state index < -0.39 is 12.7 Å². The summed E-state index contributed by atoms with van der Waals surface area (Å²) in [5.74, 6) is 0.719. The van der Waals surface area contributed by atoms with Gasteiger partial charge in [0, 0.05) is 13.1 Å². The summed E-state index contributed by atoms with van der Waals surface area (Å²) < 4.78 is 28.7. The molecule has 1 aromatic carbocycles. The fraction of sp³-hybridized carbons (Fsp3) is 0.650. The average Bonchev–Trinajstić information content (AvgIpc) is 2.68. The van der Waals surface area contributed by atoms with E-state index in [4.69, 9.17) is 0 Å². The van der Waals surface area contributed by atoms with Crippen molar-refractivity contribution in [3.05, 3.63) is 29.8 Å². The number of halogens is 2. The number of aliphatic imine (C=N–C) groups is 1. The van der Waals surface area contributed by atoms with Crippen molar-refractivity contribution in [2.75, 3.05) is 39.3 Å². The fourth-order valence-corrected chi connectivity index (χ4v) is 2.70. The van der Waals surface area contributed by atoms with Crippen molar-refractivity contribution >= 4 is 5.96 Å². The molecule has 0 saturated carbocycles. The first-order chi connectivity index (χ1) is 13.5. The molecule has 0 bridgehead atoms. The first kappa shape index (κ1) is 24.1. The first-order valence-corrected chi connectivity index (χ1v) is 9.97. The first-order valence-electron chi connectivity index (χ1n) is 9.97. The average molecular weight is 401 g/mol. The van der Waals surface area contributed by atoms with Gasteiger partial charge < -0.3 is 25.4 Å². The molecule has 0 aliphatic rings. The highest BCUT2D eigenvalue weighted by molar-refractivity contribution is 5.79. The summed E-state index contributed by atoms with van der Waals surface area (Å²) >= 11 is 0. The number of guanidine groups is 1. The number of aliphatic hydroxyl groups excluding tert-OH is 1. The molecule has 1 unspecified atom stereocenters. The van der Waals surface area contributed by atoms with Crippen LogP contribution in [0.3, 0.4) is 0 Å². The molecule has 0 aliphatic heterocycles. The number of hydrogen-bond donors (Lipinski definition) is 3. The summed E-state index contributed by atoms with van der Waals surface area (Å²) in [4.78, 5) is 6.80. The lowest BCUT2D eigenvalue weighted by molar-refractivity contribution is -0.0498. The van der Waals surface area contributed by atoms with Gasteiger partial charge in [0.25, 0.3) is 0 Å². The third-order valence-corrected chi connectivity index (χ3v) is 4.34. The smallest absolute Gasteiger partial charge is 0.387 e. The van der Waals surface area contributed by atoms with Gasteiger partial charge in [-0.3, -0.25) is 4.99 Å². The Morgan fingerprint density at radius 1 is 1.11 bits per heavy atom. The van der Waals surface area contributed by atoms with Crippen molar-refractivity contribution in [1.29, 1.82) is 0 Å². The highest BCUT2D eigenvalue weighted by Gasteiger charge is 2.09. The summed E-state index contributed by atoms with van der Waals surface area (Å²) in [7, 11) is 0. The van der Waals surface area contributed by atoms with Crippen LogP contribution in [0, 0.1) is 0 Å². The van der Waals surface area contributed by atoms with E-state index in [2.05, 4.69) is 39.1 Å². The van der Waals surface area contributed by atoms with Gasteiger partial charge in [-0.05, 0) is 57.1 Å². The molecule has 0 spiro atoms. The van der Waals surface area contributed by atoms with E-state index in [1.165, 1.54) is 12.1 Å². The standard InChI is InChI=1S/C20H34F2N4O2/c1-4-23-20(24-13-7-8-14-26(5-2)6-3)25-15-18(27)16-9-11-17(12-10-16)28-19(21)22/h9-12,18-19,27H,4-8,13-15H2,1-3H3,(H2,23,24,25). The quantitative estimate of drug-likeness (QED) is 0.270. The molecule has 8 heteroatoms. The van der Waals surface area contributed by atoms with Crippen LogP contribution in [0.2, 0.25) is 0 Å². The van der Waals surface area contributed by atoms with Crippen molar-refractivity contribution in [3.8, 4) is 5.75 Å². The van der Waals surface area contributed by atoms with Crippen LogP contribution < -0.4 is 15.4 Å². The van der Waals surface area contributed by atoms with Gasteiger partial charge in [-0.25, -0.2) is 0 Å². The van der Waals surface area contributed by atoms with E-state index >= 15 is 0 Å². The summed E-state index contributed by atoms with van der Waals surface area (Å²) in [5, 5.41) is 16.7. The van der Waals surface area contributed by atoms with Crippen LogP contribution in [0.4, 0.5) is 8.78 Å². The largest absolute Gasteiger partial charge is 0.435 e. The zero-order valence-corrected chi connectivity index (χ0v) is 17.1. The number of alkyl halides is 2. The molecule has 0 aromatic heterocycles. The maximum absolute atomic E-state index is 12.2. The number of unbranched alkanes of at least 4 members (excludes halogenated alkanes) is 1. The lowest BCUT2D eigenvalue weighted by Gasteiger charge is -2.18. The van der Waals surface area contributed by atoms with Crippen molar-refractivity contribution in [1.82, 2.24) is 15.5 Å². The third-order valence-electron chi connectivity index (χ3n) is 4.34. The van der Waals surface area contributed by atoms with Gasteiger partial charge in [-0.2, -0.15) is 8.78 Å². The molecule has 1 atom stereocenters. The minimum atomic E-state index is -2.86. The maximum atomic E-state index is 12.2. The molecule has 0 heterocycles. The number of nitrogens with one attached hydrogen (secondary N) is 2. The van der Waals surface area contributed by atoms with E-state index in [9.17, 15) is 13.9 Å². The number of aliphatic hydroxyl groups is 1. The Hall–Kier alpha value is -1.93. The number of benzene rings is 1. The van der Waals surface area contributed by atoms with Crippen molar-refractivity contribution in [2.45, 2.75) is 46.3 Å². The van der Waals surface area contributed by atoms with Crippen LogP contribution in [0.15, 0.2) is 29.3 Å². The highest BCUT2D eigenvalue weighted by atomic mass is 19.3. The maximum Gasteiger partial charge on any atom is 0.387 e. The Kier molecular flexibility index (Phi) is 12.2. The predicted octanol–water partition coefficient (Wildman–Crippen LogP) is 3.00. The highest BCUT2D eigenvalue weighted by Crippen LogP contribution is 2.19. The van der Waals surface area contributed by atoms with Gasteiger partial charge in [0.05, 0.1) is 12.6 Å². The van der Waals surface area contributed by atoms with Crippen LogP contribution in [-0.4, -0.2) is 61.8 Å². The van der Waals surface area contributed by atoms with E-state index in [1.54, 1.807) is 12.1 Å². The van der Waals surface area contributed by atoms with Gasteiger partial charge in [0.2, 0.25) is 0 Å². The minimum absolute atomic E-state index is 0.0640. The molecule has 1 aromatic rings. The second-order valence-electron chi connectivity index (χ2n) is 6.34. The SMILES string of the molecule is CCNC(=NCC(O)c1ccc(OC(F)F)cc1)NCCCCN(CC)CC. The fourth-order valence-electron chi connectivity index (χ4n) is 2.70. The molecule has 1 rings (SSSR count). The van der Waals surface area contributed by atoms with Gasteiger partial charge in [0.1, 0.15) is 5.75 Å². The Morgan fingerprint density at radius 3 is 2.36 bits per heavy atom. The summed E-state index contributed by atoms with van der Waals surface area (Å²) in [6.45, 7) is 8.39. The second kappa shape index (κ2) is 14.1. The number of nitrogens with zero attached hydrogens (tertiary/aromatic N) is 2. The van der Waals surface area contributed by atoms with Crippen molar-refractivity contribution in [2.24, 2.45) is 4.99 Å². The van der Waals surface area contributed by atoms with Crippen LogP contribution in [-0.2, 0) is 0 Å². The predicted molar refractivity (Wildman–Crippen MR) is 109 cm³/mol. The lowest BCUT2D eigenvalue weighted by atomic mass is 10.1. The topological polar surface area (TPSA) is 69.1 Å². The normalized spacial score (nSPS) is 13.1. The Balaban J connectivity index is 2.45. The molecule has 0 amide bonds. The van der Waals surface area contributed by atoms with Gasteiger partial charge in [-0.1, -0.05) is 26.0 Å². The van der Waals surface area contributed by atoms with Crippen LogP contribution in [0.25, 0.3) is 0 Å². The van der Waals surface area contributed by atoms with Crippen LogP contribution in [0.5, 0.6) is 5.75 Å². The summed E-state index contributed by atoms with van der Waals surface area (Å²) in [6, 6.07) is 5.94. The van der Waals surface area contributed by atoms with Crippen molar-refractivity contribution in [3.63, 3.8) is 0 Å². The van der Waals surface area contributed by atoms with E-state index in [-0.39, 0.29) is 12.3 Å². The van der Waals surface area contributed by atoms with Gasteiger partial charge >= 0.3 is 6.61 Å². The molecule has 0 saturated heterocycles. The lowest BCUT2D eigenvalue weighted by Crippen LogP contribution is -2.38. The van der Waals surface area contributed by atoms with Gasteiger partial charge in [0.15, 0.2) is 5.96 Å².